The molecule has 9 nitrogen and oxygen atoms in total. The molecule has 1 saturated heterocycles. The number of aromatic nitrogens is 1. The Morgan fingerprint density at radius 3 is 2.76 bits per heavy atom. The highest BCUT2D eigenvalue weighted by Gasteiger charge is 2.29. The predicted octanol–water partition coefficient (Wildman–Crippen LogP) is 2.25. The Balaban J connectivity index is 1.70. The van der Waals surface area contributed by atoms with E-state index < -0.39 is 23.9 Å². The number of piperidine rings is 1. The number of carbonyl (C=O) groups excluding carboxylic acids is 3. The number of H-pyrrole nitrogens is 1. The average molecular weight is 454 g/mol. The quantitative estimate of drug-likeness (QED) is 0.462. The number of methoxy groups -OCH3 is 1. The van der Waals surface area contributed by atoms with Crippen molar-refractivity contribution < 1.29 is 19.1 Å². The van der Waals surface area contributed by atoms with Crippen LogP contribution in [-0.2, 0) is 9.59 Å². The Morgan fingerprint density at radius 1 is 1.30 bits per heavy atom. The van der Waals surface area contributed by atoms with Crippen molar-refractivity contribution in [1.82, 2.24) is 20.9 Å². The van der Waals surface area contributed by atoms with E-state index in [1.165, 1.54) is 0 Å². The molecule has 0 aliphatic carbocycles. The van der Waals surface area contributed by atoms with Gasteiger partial charge >= 0.3 is 0 Å². The van der Waals surface area contributed by atoms with Gasteiger partial charge in [0.05, 0.1) is 13.2 Å². The highest BCUT2D eigenvalue weighted by atomic mass is 16.5. The van der Waals surface area contributed by atoms with Crippen LogP contribution in [0.15, 0.2) is 24.3 Å². The summed E-state index contributed by atoms with van der Waals surface area (Å²) in [4.78, 5) is 41.0. The minimum atomic E-state index is -0.818. The molecular formula is C24H31N5O4. The lowest BCUT2D eigenvalue weighted by Crippen LogP contribution is -2.51. The van der Waals surface area contributed by atoms with Crippen molar-refractivity contribution >= 4 is 28.6 Å². The van der Waals surface area contributed by atoms with Crippen molar-refractivity contribution in [2.45, 2.75) is 51.6 Å². The third kappa shape index (κ3) is 6.04. The number of nitrogens with zero attached hydrogens (tertiary/aromatic N) is 1. The molecule has 3 atom stereocenters. The van der Waals surface area contributed by atoms with Crippen LogP contribution in [0.2, 0.25) is 0 Å². The molecular weight excluding hydrogens is 422 g/mol. The summed E-state index contributed by atoms with van der Waals surface area (Å²) in [5.74, 6) is -0.473. The number of carbonyl (C=O) groups is 3. The molecule has 1 fully saturated rings. The van der Waals surface area contributed by atoms with Gasteiger partial charge in [-0.15, -0.1) is 0 Å². The van der Waals surface area contributed by atoms with Gasteiger partial charge in [-0.3, -0.25) is 14.4 Å². The van der Waals surface area contributed by atoms with Gasteiger partial charge in [-0.2, -0.15) is 5.26 Å². The normalized spacial score (nSPS) is 17.7. The standard InChI is InChI=1S/C24H31N5O4/c1-14(2)10-19(23(31)27-16(13-25)11-15-6-5-9-26-22(15)30)29-24(32)20-12-17-18(28-20)7-4-8-21(17)33-3/h4,7-8,12,14-16,19,28H,5-6,9-11H2,1-3H3,(H,26,30)(H,27,31)(H,29,32)/t15?,16?,19-/m0/s1. The molecule has 0 radical (unpaired) electrons. The van der Waals surface area contributed by atoms with Crippen LogP contribution in [0.1, 0.15) is 50.0 Å². The van der Waals surface area contributed by atoms with Crippen molar-refractivity contribution in [2.75, 3.05) is 13.7 Å². The van der Waals surface area contributed by atoms with Gasteiger partial charge in [0, 0.05) is 23.4 Å². The molecule has 4 N–H and O–H groups in total. The molecule has 1 aliphatic rings. The van der Waals surface area contributed by atoms with Crippen LogP contribution in [0.4, 0.5) is 0 Å². The maximum Gasteiger partial charge on any atom is 0.268 e. The summed E-state index contributed by atoms with van der Waals surface area (Å²) in [5, 5.41) is 18.6. The lowest BCUT2D eigenvalue weighted by molar-refractivity contribution is -0.128. The summed E-state index contributed by atoms with van der Waals surface area (Å²) in [6.45, 7) is 4.55. The molecule has 0 bridgehead atoms. The number of amides is 3. The number of nitrogens with one attached hydrogen (secondary N) is 4. The van der Waals surface area contributed by atoms with Crippen molar-refractivity contribution in [3.05, 3.63) is 30.0 Å². The second-order valence-corrected chi connectivity index (χ2v) is 8.82. The van der Waals surface area contributed by atoms with Gasteiger partial charge in [-0.1, -0.05) is 19.9 Å². The number of rotatable bonds is 9. The third-order valence-electron chi connectivity index (χ3n) is 5.81. The second-order valence-electron chi connectivity index (χ2n) is 8.82. The van der Waals surface area contributed by atoms with Crippen LogP contribution in [0.25, 0.3) is 10.9 Å². The highest BCUT2D eigenvalue weighted by Crippen LogP contribution is 2.26. The number of hydrogen-bond acceptors (Lipinski definition) is 5. The summed E-state index contributed by atoms with van der Waals surface area (Å²) in [6, 6.07) is 7.61. The highest BCUT2D eigenvalue weighted by molar-refractivity contribution is 6.01. The molecule has 1 aromatic carbocycles. The van der Waals surface area contributed by atoms with Gasteiger partial charge in [0.2, 0.25) is 11.8 Å². The Kier molecular flexibility index (Phi) is 7.93. The molecule has 1 aliphatic heterocycles. The number of ether oxygens (including phenoxy) is 1. The predicted molar refractivity (Wildman–Crippen MR) is 123 cm³/mol. The lowest BCUT2D eigenvalue weighted by atomic mass is 9.91. The third-order valence-corrected chi connectivity index (χ3v) is 5.81. The molecule has 2 aromatic rings. The fraction of sp³-hybridized carbons (Fsp3) is 0.500. The molecule has 0 saturated carbocycles. The van der Waals surface area contributed by atoms with Gasteiger partial charge in [-0.05, 0) is 49.8 Å². The van der Waals surface area contributed by atoms with E-state index in [9.17, 15) is 19.6 Å². The molecule has 3 rings (SSSR count). The fourth-order valence-electron chi connectivity index (χ4n) is 4.13. The first kappa shape index (κ1) is 24.1. The number of benzene rings is 1. The molecule has 9 heteroatoms. The molecule has 3 amide bonds. The SMILES string of the molecule is COc1cccc2[nH]c(C(=O)N[C@@H](CC(C)C)C(=O)NC(C#N)CC3CCCNC3=O)cc12. The van der Waals surface area contributed by atoms with Crippen LogP contribution in [0.5, 0.6) is 5.75 Å². The summed E-state index contributed by atoms with van der Waals surface area (Å²) in [5.41, 5.74) is 1.06. The number of hydrogen-bond donors (Lipinski definition) is 4. The summed E-state index contributed by atoms with van der Waals surface area (Å²) >= 11 is 0. The van der Waals surface area contributed by atoms with Gasteiger partial charge < -0.3 is 25.7 Å². The first-order chi connectivity index (χ1) is 15.8. The van der Waals surface area contributed by atoms with E-state index in [1.54, 1.807) is 13.2 Å². The van der Waals surface area contributed by atoms with Crippen molar-refractivity contribution in [2.24, 2.45) is 11.8 Å². The monoisotopic (exact) mass is 453 g/mol. The Morgan fingerprint density at radius 2 is 2.09 bits per heavy atom. The van der Waals surface area contributed by atoms with Crippen LogP contribution < -0.4 is 20.7 Å². The smallest absolute Gasteiger partial charge is 0.268 e. The Labute approximate surface area is 193 Å². The van der Waals surface area contributed by atoms with Gasteiger partial charge in [0.15, 0.2) is 0 Å². The minimum absolute atomic E-state index is 0.0861. The number of fused-ring (bicyclic) bond motifs is 1. The van der Waals surface area contributed by atoms with E-state index in [1.807, 2.05) is 32.0 Å². The van der Waals surface area contributed by atoms with Gasteiger partial charge in [0.1, 0.15) is 23.5 Å². The maximum absolute atomic E-state index is 13.0. The molecule has 0 spiro atoms. The topological polar surface area (TPSA) is 136 Å². The molecule has 33 heavy (non-hydrogen) atoms. The summed E-state index contributed by atoms with van der Waals surface area (Å²) in [7, 11) is 1.56. The van der Waals surface area contributed by atoms with Crippen LogP contribution in [0, 0.1) is 23.2 Å². The zero-order valence-electron chi connectivity index (χ0n) is 19.2. The first-order valence-corrected chi connectivity index (χ1v) is 11.3. The Bertz CT molecular complexity index is 1050. The number of aromatic amines is 1. The van der Waals surface area contributed by atoms with Crippen molar-refractivity contribution in [3.63, 3.8) is 0 Å². The zero-order valence-corrected chi connectivity index (χ0v) is 19.2. The second kappa shape index (κ2) is 10.9. The van der Waals surface area contributed by atoms with Crippen molar-refractivity contribution in [3.8, 4) is 11.8 Å². The van der Waals surface area contributed by atoms with Crippen LogP contribution >= 0.6 is 0 Å². The van der Waals surface area contributed by atoms with E-state index in [4.69, 9.17) is 4.74 Å². The van der Waals surface area contributed by atoms with E-state index in [-0.39, 0.29) is 24.2 Å². The fourth-order valence-corrected chi connectivity index (χ4v) is 4.13. The van der Waals surface area contributed by atoms with E-state index in [2.05, 4.69) is 27.0 Å². The summed E-state index contributed by atoms with van der Waals surface area (Å²) in [6.07, 6.45) is 2.20. The summed E-state index contributed by atoms with van der Waals surface area (Å²) < 4.78 is 5.34. The van der Waals surface area contributed by atoms with E-state index >= 15 is 0 Å². The van der Waals surface area contributed by atoms with Crippen LogP contribution in [0.3, 0.4) is 0 Å². The van der Waals surface area contributed by atoms with E-state index in [0.29, 0.717) is 30.8 Å². The molecule has 2 heterocycles. The maximum atomic E-state index is 13.0. The zero-order chi connectivity index (χ0) is 24.0. The average Bonchev–Trinajstić information content (AvgIpc) is 3.24. The molecule has 1 aromatic heterocycles. The number of nitriles is 1. The Hall–Kier alpha value is -3.54. The lowest BCUT2D eigenvalue weighted by Gasteiger charge is -2.25. The van der Waals surface area contributed by atoms with Crippen LogP contribution in [-0.4, -0.2) is 48.4 Å². The van der Waals surface area contributed by atoms with Gasteiger partial charge in [0.25, 0.3) is 5.91 Å². The molecule has 176 valence electrons. The van der Waals surface area contributed by atoms with Crippen molar-refractivity contribution in [1.29, 1.82) is 5.26 Å². The van der Waals surface area contributed by atoms with Gasteiger partial charge in [-0.25, -0.2) is 0 Å². The minimum Gasteiger partial charge on any atom is -0.496 e. The molecule has 2 unspecified atom stereocenters. The first-order valence-electron chi connectivity index (χ1n) is 11.3. The largest absolute Gasteiger partial charge is 0.496 e. The van der Waals surface area contributed by atoms with E-state index in [0.717, 1.165) is 17.3 Å².